The molecule has 0 aromatic carbocycles. The summed E-state index contributed by atoms with van der Waals surface area (Å²) in [7, 11) is 0. The Bertz CT molecular complexity index is 411. The van der Waals surface area contributed by atoms with Crippen molar-refractivity contribution in [1.29, 1.82) is 0 Å². The van der Waals surface area contributed by atoms with Crippen LogP contribution in [0.2, 0.25) is 0 Å². The highest BCUT2D eigenvalue weighted by atomic mass is 16.5. The number of hydrogen-bond donors (Lipinski definition) is 1. The Hall–Kier alpha value is -1.14. The third-order valence-electron chi connectivity index (χ3n) is 5.28. The van der Waals surface area contributed by atoms with E-state index in [2.05, 4.69) is 0 Å². The molecule has 1 atom stereocenters. The van der Waals surface area contributed by atoms with Crippen LogP contribution in [0.15, 0.2) is 0 Å². The van der Waals surface area contributed by atoms with Gasteiger partial charge in [0.1, 0.15) is 6.04 Å². The lowest BCUT2D eigenvalue weighted by Gasteiger charge is -2.43. The first-order valence-corrected chi connectivity index (χ1v) is 8.06. The smallest absolute Gasteiger partial charge is 0.245 e. The Morgan fingerprint density at radius 1 is 1.14 bits per heavy atom. The van der Waals surface area contributed by atoms with Gasteiger partial charge in [-0.05, 0) is 25.7 Å². The van der Waals surface area contributed by atoms with Crippen molar-refractivity contribution in [3.05, 3.63) is 0 Å². The molecule has 6 heteroatoms. The maximum Gasteiger partial charge on any atom is 0.245 e. The van der Waals surface area contributed by atoms with Gasteiger partial charge in [-0.1, -0.05) is 6.42 Å². The van der Waals surface area contributed by atoms with E-state index in [-0.39, 0.29) is 23.3 Å². The van der Waals surface area contributed by atoms with Crippen LogP contribution in [0.1, 0.15) is 32.1 Å². The first-order valence-electron chi connectivity index (χ1n) is 8.06. The number of carbonyl (C=O) groups excluding carboxylic acids is 2. The van der Waals surface area contributed by atoms with E-state index in [1.54, 1.807) is 0 Å². The monoisotopic (exact) mass is 295 g/mol. The highest BCUT2D eigenvalue weighted by Gasteiger charge is 2.49. The average molecular weight is 295 g/mol. The predicted molar refractivity (Wildman–Crippen MR) is 77.5 cm³/mol. The van der Waals surface area contributed by atoms with Crippen molar-refractivity contribution < 1.29 is 14.3 Å². The molecule has 21 heavy (non-hydrogen) atoms. The number of rotatable bonds is 3. The second kappa shape index (κ2) is 5.93. The van der Waals surface area contributed by atoms with E-state index in [9.17, 15) is 9.59 Å². The highest BCUT2D eigenvalue weighted by molar-refractivity contribution is 5.91. The van der Waals surface area contributed by atoms with Gasteiger partial charge in [-0.15, -0.1) is 0 Å². The Kier molecular flexibility index (Phi) is 4.17. The van der Waals surface area contributed by atoms with Crippen LogP contribution in [0.4, 0.5) is 0 Å². The van der Waals surface area contributed by atoms with Crippen LogP contribution in [0.3, 0.4) is 0 Å². The van der Waals surface area contributed by atoms with Crippen LogP contribution in [0.5, 0.6) is 0 Å². The number of carbonyl (C=O) groups is 2. The van der Waals surface area contributed by atoms with E-state index in [0.29, 0.717) is 39.4 Å². The molecule has 0 bridgehead atoms. The molecule has 2 saturated heterocycles. The summed E-state index contributed by atoms with van der Waals surface area (Å²) in [5, 5.41) is 0. The number of likely N-dealkylation sites (tertiary alicyclic amines) is 1. The number of amides is 2. The van der Waals surface area contributed by atoms with Crippen molar-refractivity contribution >= 4 is 11.8 Å². The molecule has 1 unspecified atom stereocenters. The molecular weight excluding hydrogens is 270 g/mol. The number of nitrogens with two attached hydrogens (primary N) is 1. The van der Waals surface area contributed by atoms with Crippen LogP contribution in [0.25, 0.3) is 0 Å². The quantitative estimate of drug-likeness (QED) is 0.793. The van der Waals surface area contributed by atoms with Crippen molar-refractivity contribution in [3.63, 3.8) is 0 Å². The maximum atomic E-state index is 12.8. The standard InChI is InChI=1S/C15H25N3O3/c16-11-15(4-2-5-15)14(20)18-6-1-3-12(18)13(19)17-7-9-21-10-8-17/h12H,1-11,16H2. The molecule has 2 N–H and O–H groups in total. The lowest BCUT2D eigenvalue weighted by molar-refractivity contribution is -0.154. The summed E-state index contributed by atoms with van der Waals surface area (Å²) in [6.45, 7) is 3.57. The van der Waals surface area contributed by atoms with E-state index >= 15 is 0 Å². The Morgan fingerprint density at radius 2 is 1.86 bits per heavy atom. The van der Waals surface area contributed by atoms with Gasteiger partial charge in [-0.3, -0.25) is 9.59 Å². The van der Waals surface area contributed by atoms with Crippen LogP contribution < -0.4 is 5.73 Å². The number of hydrogen-bond acceptors (Lipinski definition) is 4. The topological polar surface area (TPSA) is 75.9 Å². The molecule has 118 valence electrons. The zero-order valence-electron chi connectivity index (χ0n) is 12.6. The largest absolute Gasteiger partial charge is 0.378 e. The van der Waals surface area contributed by atoms with E-state index in [4.69, 9.17) is 10.5 Å². The molecule has 3 rings (SSSR count). The molecule has 6 nitrogen and oxygen atoms in total. The molecule has 1 saturated carbocycles. The minimum Gasteiger partial charge on any atom is -0.378 e. The second-order valence-electron chi connectivity index (χ2n) is 6.43. The molecule has 3 fully saturated rings. The van der Waals surface area contributed by atoms with Gasteiger partial charge in [0.2, 0.25) is 11.8 Å². The average Bonchev–Trinajstić information content (AvgIpc) is 2.96. The predicted octanol–water partition coefficient (Wildman–Crippen LogP) is -0.0348. The van der Waals surface area contributed by atoms with Gasteiger partial charge >= 0.3 is 0 Å². The lowest BCUT2D eigenvalue weighted by Crippen LogP contribution is -2.57. The molecule has 3 aliphatic rings. The van der Waals surface area contributed by atoms with Crippen molar-refractivity contribution in [2.45, 2.75) is 38.1 Å². The second-order valence-corrected chi connectivity index (χ2v) is 6.43. The van der Waals surface area contributed by atoms with Gasteiger partial charge in [0.15, 0.2) is 0 Å². The van der Waals surface area contributed by atoms with E-state index in [1.165, 1.54) is 0 Å². The summed E-state index contributed by atoms with van der Waals surface area (Å²) in [5.74, 6) is 0.205. The molecule has 2 heterocycles. The van der Waals surface area contributed by atoms with Crippen LogP contribution in [-0.4, -0.2) is 67.0 Å². The third kappa shape index (κ3) is 2.55. The number of nitrogens with zero attached hydrogens (tertiary/aromatic N) is 2. The van der Waals surface area contributed by atoms with Gasteiger partial charge in [-0.2, -0.15) is 0 Å². The molecular formula is C15H25N3O3. The van der Waals surface area contributed by atoms with Crippen LogP contribution >= 0.6 is 0 Å². The fraction of sp³-hybridized carbons (Fsp3) is 0.867. The molecule has 2 aliphatic heterocycles. The lowest BCUT2D eigenvalue weighted by atomic mass is 9.67. The highest BCUT2D eigenvalue weighted by Crippen LogP contribution is 2.43. The zero-order valence-corrected chi connectivity index (χ0v) is 12.6. The van der Waals surface area contributed by atoms with Crippen LogP contribution in [0, 0.1) is 5.41 Å². The third-order valence-corrected chi connectivity index (χ3v) is 5.28. The normalized spacial score (nSPS) is 28.3. The van der Waals surface area contributed by atoms with Gasteiger partial charge < -0.3 is 20.3 Å². The fourth-order valence-electron chi connectivity index (χ4n) is 3.67. The molecule has 2 amide bonds. The van der Waals surface area contributed by atoms with Gasteiger partial charge in [0.05, 0.1) is 18.6 Å². The zero-order chi connectivity index (χ0) is 14.9. The molecule has 0 aromatic rings. The minimum absolute atomic E-state index is 0.0932. The molecule has 1 aliphatic carbocycles. The number of ether oxygens (including phenoxy) is 1. The van der Waals surface area contributed by atoms with Crippen molar-refractivity contribution in [3.8, 4) is 0 Å². The summed E-state index contributed by atoms with van der Waals surface area (Å²) < 4.78 is 5.29. The number of morpholine rings is 1. The summed E-state index contributed by atoms with van der Waals surface area (Å²) in [5.41, 5.74) is 5.46. The molecule has 0 spiro atoms. The Labute approximate surface area is 125 Å². The first kappa shape index (κ1) is 14.8. The van der Waals surface area contributed by atoms with Crippen molar-refractivity contribution in [1.82, 2.24) is 9.80 Å². The van der Waals surface area contributed by atoms with Crippen molar-refractivity contribution in [2.24, 2.45) is 11.1 Å². The van der Waals surface area contributed by atoms with Gasteiger partial charge in [-0.25, -0.2) is 0 Å². The van der Waals surface area contributed by atoms with E-state index in [0.717, 1.165) is 32.1 Å². The summed E-state index contributed by atoms with van der Waals surface area (Å²) in [6.07, 6.45) is 4.50. The maximum absolute atomic E-state index is 12.8. The van der Waals surface area contributed by atoms with E-state index in [1.807, 2.05) is 9.80 Å². The van der Waals surface area contributed by atoms with Gasteiger partial charge in [0, 0.05) is 26.2 Å². The molecule has 0 radical (unpaired) electrons. The fourth-order valence-corrected chi connectivity index (χ4v) is 3.67. The summed E-state index contributed by atoms with van der Waals surface area (Å²) >= 11 is 0. The SMILES string of the molecule is NCC1(C(=O)N2CCCC2C(=O)N2CCOCC2)CCC1. The van der Waals surface area contributed by atoms with Crippen LogP contribution in [-0.2, 0) is 14.3 Å². The molecule has 0 aromatic heterocycles. The van der Waals surface area contributed by atoms with Gasteiger partial charge in [0.25, 0.3) is 0 Å². The minimum atomic E-state index is -0.381. The Morgan fingerprint density at radius 3 is 2.43 bits per heavy atom. The summed E-state index contributed by atoms with van der Waals surface area (Å²) in [4.78, 5) is 29.2. The Balaban J connectivity index is 1.70. The first-order chi connectivity index (χ1) is 10.2. The van der Waals surface area contributed by atoms with E-state index < -0.39 is 0 Å². The summed E-state index contributed by atoms with van der Waals surface area (Å²) in [6, 6.07) is -0.278. The van der Waals surface area contributed by atoms with Crippen molar-refractivity contribution in [2.75, 3.05) is 39.4 Å².